The fourth-order valence-corrected chi connectivity index (χ4v) is 8.76. The predicted octanol–water partition coefficient (Wildman–Crippen LogP) is 12.4. The Morgan fingerprint density at radius 3 is 1.51 bits per heavy atom. The van der Waals surface area contributed by atoms with Crippen molar-refractivity contribution in [3.05, 3.63) is 187 Å². The van der Waals surface area contributed by atoms with Crippen LogP contribution in [-0.4, -0.2) is 13.7 Å². The molecule has 3 aromatic heterocycles. The molecule has 0 saturated carbocycles. The van der Waals surface area contributed by atoms with Gasteiger partial charge in [-0.05, 0) is 72.3 Å². The zero-order chi connectivity index (χ0) is 36.6. The van der Waals surface area contributed by atoms with Gasteiger partial charge in [-0.15, -0.1) is 0 Å². The van der Waals surface area contributed by atoms with Crippen molar-refractivity contribution in [2.45, 2.75) is 0 Å². The van der Waals surface area contributed by atoms with Crippen LogP contribution in [0.25, 0.3) is 93.6 Å². The van der Waals surface area contributed by atoms with E-state index in [-0.39, 0.29) is 0 Å². The Balaban J connectivity index is 1.14. The first-order valence-electron chi connectivity index (χ1n) is 18.3. The van der Waals surface area contributed by atoms with Gasteiger partial charge >= 0.3 is 0 Å². The molecular weight excluding hydrogens is 671 g/mol. The van der Waals surface area contributed by atoms with Gasteiger partial charge < -0.3 is 13.7 Å². The number of nitriles is 2. The van der Waals surface area contributed by atoms with Crippen molar-refractivity contribution in [1.29, 1.82) is 10.5 Å². The van der Waals surface area contributed by atoms with Gasteiger partial charge in [0, 0.05) is 49.3 Å². The van der Waals surface area contributed by atoms with Gasteiger partial charge in [-0.1, -0.05) is 109 Å². The van der Waals surface area contributed by atoms with Gasteiger partial charge in [0.1, 0.15) is 6.07 Å². The highest BCUT2D eigenvalue weighted by molar-refractivity contribution is 6.13. The first-order chi connectivity index (χ1) is 27.2. The third-order valence-corrected chi connectivity index (χ3v) is 11.1. The number of hydrogen-bond donors (Lipinski definition) is 0. The average Bonchev–Trinajstić information content (AvgIpc) is 3.89. The topological polar surface area (TPSA) is 62.4 Å². The summed E-state index contributed by atoms with van der Waals surface area (Å²) in [6, 6.07) is 66.0. The largest absolute Gasteiger partial charge is 0.309 e. The van der Waals surface area contributed by atoms with Crippen molar-refractivity contribution in [3.8, 4) is 40.3 Å². The Labute approximate surface area is 316 Å². The van der Waals surface area contributed by atoms with E-state index in [0.29, 0.717) is 11.1 Å². The summed E-state index contributed by atoms with van der Waals surface area (Å²) < 4.78 is 6.86. The van der Waals surface area contributed by atoms with Crippen molar-refractivity contribution in [2.24, 2.45) is 0 Å². The maximum atomic E-state index is 10.2. The second-order valence-corrected chi connectivity index (χ2v) is 14.0. The minimum Gasteiger partial charge on any atom is -0.309 e. The lowest BCUT2D eigenvalue weighted by Gasteiger charge is -2.16. The molecule has 0 amide bonds. The minimum atomic E-state index is 0.592. The Bertz CT molecular complexity index is 3400. The van der Waals surface area contributed by atoms with E-state index in [1.807, 2.05) is 36.4 Å². The maximum absolute atomic E-state index is 10.2. The summed E-state index contributed by atoms with van der Waals surface area (Å²) in [5.41, 5.74) is 12.6. The van der Waals surface area contributed by atoms with E-state index in [2.05, 4.69) is 165 Å². The molecule has 0 aliphatic carbocycles. The van der Waals surface area contributed by atoms with Crippen LogP contribution in [0.5, 0.6) is 0 Å². The predicted molar refractivity (Wildman–Crippen MR) is 224 cm³/mol. The summed E-state index contributed by atoms with van der Waals surface area (Å²) in [7, 11) is 0. The highest BCUT2D eigenvalue weighted by atomic mass is 15.0. The summed E-state index contributed by atoms with van der Waals surface area (Å²) in [6.07, 6.45) is 0. The second kappa shape index (κ2) is 11.8. The Kier molecular flexibility index (Phi) is 6.61. The molecule has 0 bridgehead atoms. The van der Waals surface area contributed by atoms with Gasteiger partial charge in [0.05, 0.1) is 56.0 Å². The lowest BCUT2D eigenvalue weighted by molar-refractivity contribution is 1.15. The molecule has 0 aliphatic heterocycles. The Hall–Kier alpha value is -7.86. The molecule has 0 unspecified atom stereocenters. The number of rotatable bonds is 4. The van der Waals surface area contributed by atoms with E-state index >= 15 is 0 Å². The van der Waals surface area contributed by atoms with E-state index in [1.165, 1.54) is 10.8 Å². The van der Waals surface area contributed by atoms with Crippen molar-refractivity contribution in [2.75, 3.05) is 0 Å². The molecule has 0 saturated heterocycles. The summed E-state index contributed by atoms with van der Waals surface area (Å²) in [6.45, 7) is 0. The molecule has 11 rings (SSSR count). The van der Waals surface area contributed by atoms with Crippen LogP contribution in [0.2, 0.25) is 0 Å². The molecule has 0 N–H and O–H groups in total. The number of benzene rings is 8. The van der Waals surface area contributed by atoms with Gasteiger partial charge in [0.2, 0.25) is 0 Å². The SMILES string of the molecule is N#Cc1ccc(-c2ccc(-n3c4ccccc4c4cccc(C#N)c43)cc2)c(-n2c3ccccc3c3ccc(-n4c5ccccc5c5ccccc54)cc32)c1. The van der Waals surface area contributed by atoms with Crippen molar-refractivity contribution in [1.82, 2.24) is 13.7 Å². The van der Waals surface area contributed by atoms with E-state index in [4.69, 9.17) is 0 Å². The molecule has 3 heterocycles. The highest BCUT2D eigenvalue weighted by Crippen LogP contribution is 2.40. The van der Waals surface area contributed by atoms with Gasteiger partial charge in [0.25, 0.3) is 0 Å². The molecule has 5 nitrogen and oxygen atoms in total. The van der Waals surface area contributed by atoms with Crippen LogP contribution < -0.4 is 0 Å². The molecular formula is C50H29N5. The molecule has 5 heteroatoms. The van der Waals surface area contributed by atoms with Crippen LogP contribution in [0.15, 0.2) is 176 Å². The number of aromatic nitrogens is 3. The number of fused-ring (bicyclic) bond motifs is 9. The van der Waals surface area contributed by atoms with E-state index in [1.54, 1.807) is 0 Å². The first-order valence-corrected chi connectivity index (χ1v) is 18.3. The molecule has 254 valence electrons. The van der Waals surface area contributed by atoms with Gasteiger partial charge in [-0.2, -0.15) is 10.5 Å². The maximum Gasteiger partial charge on any atom is 0.101 e. The fraction of sp³-hybridized carbons (Fsp3) is 0. The van der Waals surface area contributed by atoms with Crippen LogP contribution in [0.3, 0.4) is 0 Å². The monoisotopic (exact) mass is 699 g/mol. The third kappa shape index (κ3) is 4.45. The summed E-state index contributed by atoms with van der Waals surface area (Å²) in [4.78, 5) is 0. The molecule has 0 fully saturated rings. The van der Waals surface area contributed by atoms with Crippen molar-refractivity contribution in [3.63, 3.8) is 0 Å². The molecule has 0 aliphatic rings. The molecule has 0 spiro atoms. The smallest absolute Gasteiger partial charge is 0.101 e. The number of nitrogens with zero attached hydrogens (tertiary/aromatic N) is 5. The van der Waals surface area contributed by atoms with Crippen LogP contribution >= 0.6 is 0 Å². The molecule has 55 heavy (non-hydrogen) atoms. The lowest BCUT2D eigenvalue weighted by Crippen LogP contribution is -2.00. The minimum absolute atomic E-state index is 0.592. The second-order valence-electron chi connectivity index (χ2n) is 14.0. The molecule has 0 atom stereocenters. The highest BCUT2D eigenvalue weighted by Gasteiger charge is 2.20. The van der Waals surface area contributed by atoms with Crippen LogP contribution in [0, 0.1) is 22.7 Å². The zero-order valence-electron chi connectivity index (χ0n) is 29.5. The standard InChI is InChI=1S/C50H29N5/c51-30-32-20-26-37(33-21-23-35(24-22-33)54-46-18-7-4-14-41(46)43-15-9-10-34(31-52)50(43)54)48(28-32)55-47-19-8-3-13-40(47)42-27-25-36(29-49(42)55)53-44-16-5-1-11-38(44)39-12-2-6-17-45(39)53/h1-29H. The molecule has 8 aromatic carbocycles. The van der Waals surface area contributed by atoms with Crippen LogP contribution in [0.4, 0.5) is 0 Å². The average molecular weight is 700 g/mol. The van der Waals surface area contributed by atoms with Crippen LogP contribution in [0.1, 0.15) is 11.1 Å². The summed E-state index contributed by atoms with van der Waals surface area (Å²) in [5.74, 6) is 0. The van der Waals surface area contributed by atoms with Crippen molar-refractivity contribution < 1.29 is 0 Å². The summed E-state index contributed by atoms with van der Waals surface area (Å²) >= 11 is 0. The van der Waals surface area contributed by atoms with Gasteiger partial charge in [-0.25, -0.2) is 0 Å². The molecule has 11 aromatic rings. The van der Waals surface area contributed by atoms with Gasteiger partial charge in [-0.3, -0.25) is 0 Å². The zero-order valence-corrected chi connectivity index (χ0v) is 29.5. The number of para-hydroxylation sites is 5. The normalized spacial score (nSPS) is 11.6. The van der Waals surface area contributed by atoms with Crippen molar-refractivity contribution >= 4 is 65.4 Å². The van der Waals surface area contributed by atoms with Gasteiger partial charge in [0.15, 0.2) is 0 Å². The Morgan fingerprint density at radius 2 is 0.891 bits per heavy atom. The van der Waals surface area contributed by atoms with Crippen LogP contribution in [-0.2, 0) is 0 Å². The Morgan fingerprint density at radius 1 is 0.364 bits per heavy atom. The fourth-order valence-electron chi connectivity index (χ4n) is 8.76. The van der Waals surface area contributed by atoms with E-state index < -0.39 is 0 Å². The first kappa shape index (κ1) is 30.7. The van der Waals surface area contributed by atoms with E-state index in [9.17, 15) is 10.5 Å². The number of hydrogen-bond acceptors (Lipinski definition) is 2. The quantitative estimate of drug-likeness (QED) is 0.184. The molecule has 0 radical (unpaired) electrons. The lowest BCUT2D eigenvalue weighted by atomic mass is 10.0. The third-order valence-electron chi connectivity index (χ3n) is 11.1. The van der Waals surface area contributed by atoms with E-state index in [0.717, 1.165) is 82.8 Å². The summed E-state index contributed by atoms with van der Waals surface area (Å²) in [5, 5.41) is 27.2.